The maximum absolute atomic E-state index is 12.7. The van der Waals surface area contributed by atoms with Crippen LogP contribution in [-0.4, -0.2) is 38.4 Å². The first-order chi connectivity index (χ1) is 9.86. The second-order valence-corrected chi connectivity index (χ2v) is 10.3. The highest BCUT2D eigenvalue weighted by Gasteiger charge is 2.35. The van der Waals surface area contributed by atoms with Crippen LogP contribution in [0.5, 0.6) is 0 Å². The molecular weight excluding hydrogens is 446 g/mol. The van der Waals surface area contributed by atoms with Gasteiger partial charge in [-0.2, -0.15) is 4.31 Å². The van der Waals surface area contributed by atoms with Crippen LogP contribution in [0.2, 0.25) is 0 Å². The maximum atomic E-state index is 12.7. The highest BCUT2D eigenvalue weighted by Crippen LogP contribution is 2.37. The Morgan fingerprint density at radius 1 is 1.52 bits per heavy atom. The van der Waals surface area contributed by atoms with Gasteiger partial charge in [0.1, 0.15) is 4.90 Å². The Labute approximate surface area is 145 Å². The molecule has 2 heterocycles. The summed E-state index contributed by atoms with van der Waals surface area (Å²) in [5.41, 5.74) is 0. The average molecular weight is 461 g/mol. The van der Waals surface area contributed by atoms with Crippen molar-refractivity contribution in [3.63, 3.8) is 0 Å². The highest BCUT2D eigenvalue weighted by atomic mass is 79.9. The zero-order chi connectivity index (χ0) is 15.6. The summed E-state index contributed by atoms with van der Waals surface area (Å²) >= 11 is 7.88. The van der Waals surface area contributed by atoms with Crippen molar-refractivity contribution >= 4 is 59.2 Å². The summed E-state index contributed by atoms with van der Waals surface area (Å²) in [6, 6.07) is 1.58. The van der Waals surface area contributed by atoms with Crippen molar-refractivity contribution in [1.82, 2.24) is 4.31 Å². The number of hydrogen-bond donors (Lipinski definition) is 0. The molecule has 1 aromatic rings. The molecule has 1 aliphatic heterocycles. The number of thiophene rings is 1. The van der Waals surface area contributed by atoms with Crippen molar-refractivity contribution in [2.75, 3.05) is 19.7 Å². The van der Waals surface area contributed by atoms with E-state index in [1.54, 1.807) is 13.0 Å². The van der Waals surface area contributed by atoms with Gasteiger partial charge in [-0.3, -0.25) is 4.79 Å². The Morgan fingerprint density at radius 3 is 2.81 bits per heavy atom. The van der Waals surface area contributed by atoms with Crippen LogP contribution in [-0.2, 0) is 19.6 Å². The molecule has 9 heteroatoms. The smallest absolute Gasteiger partial charge is 0.310 e. The van der Waals surface area contributed by atoms with Gasteiger partial charge >= 0.3 is 5.97 Å². The van der Waals surface area contributed by atoms with Crippen LogP contribution in [0.3, 0.4) is 0 Å². The lowest BCUT2D eigenvalue weighted by Crippen LogP contribution is -2.42. The molecule has 21 heavy (non-hydrogen) atoms. The van der Waals surface area contributed by atoms with Gasteiger partial charge in [0.25, 0.3) is 0 Å². The molecule has 0 saturated carbocycles. The Morgan fingerprint density at radius 2 is 2.24 bits per heavy atom. The largest absolute Gasteiger partial charge is 0.466 e. The average Bonchev–Trinajstić information content (AvgIpc) is 2.79. The Balaban J connectivity index is 2.20. The van der Waals surface area contributed by atoms with Crippen LogP contribution in [0.1, 0.15) is 19.8 Å². The summed E-state index contributed by atoms with van der Waals surface area (Å²) in [5.74, 6) is -0.697. The molecular formula is C12H15Br2NO4S2. The molecule has 0 N–H and O–H groups in total. The molecule has 1 saturated heterocycles. The number of esters is 1. The van der Waals surface area contributed by atoms with Gasteiger partial charge in [-0.05, 0) is 57.7 Å². The number of sulfonamides is 1. The van der Waals surface area contributed by atoms with Gasteiger partial charge in [-0.1, -0.05) is 0 Å². The van der Waals surface area contributed by atoms with Gasteiger partial charge in [-0.25, -0.2) is 8.42 Å². The Bertz CT molecular complexity index is 629. The fourth-order valence-corrected chi connectivity index (χ4v) is 7.54. The van der Waals surface area contributed by atoms with E-state index in [0.717, 1.165) is 3.79 Å². The van der Waals surface area contributed by atoms with E-state index in [4.69, 9.17) is 4.74 Å². The molecule has 1 atom stereocenters. The molecule has 0 aliphatic carbocycles. The molecule has 0 unspecified atom stereocenters. The van der Waals surface area contributed by atoms with Crippen LogP contribution < -0.4 is 0 Å². The Kier molecular flexibility index (Phi) is 5.86. The lowest BCUT2D eigenvalue weighted by Gasteiger charge is -2.30. The molecule has 118 valence electrons. The summed E-state index contributed by atoms with van der Waals surface area (Å²) in [5, 5.41) is 0. The third-order valence-corrected chi connectivity index (χ3v) is 7.87. The number of rotatable bonds is 4. The van der Waals surface area contributed by atoms with Crippen molar-refractivity contribution in [1.29, 1.82) is 0 Å². The van der Waals surface area contributed by atoms with E-state index in [-0.39, 0.29) is 23.3 Å². The fourth-order valence-electron chi connectivity index (χ4n) is 2.25. The topological polar surface area (TPSA) is 63.7 Å². The van der Waals surface area contributed by atoms with Crippen molar-refractivity contribution in [2.45, 2.75) is 24.7 Å². The maximum Gasteiger partial charge on any atom is 0.310 e. The van der Waals surface area contributed by atoms with E-state index >= 15 is 0 Å². The third kappa shape index (κ3) is 3.87. The van der Waals surface area contributed by atoms with Gasteiger partial charge in [0, 0.05) is 13.1 Å². The first kappa shape index (κ1) is 17.4. The molecule has 1 fully saturated rings. The van der Waals surface area contributed by atoms with E-state index in [9.17, 15) is 13.2 Å². The van der Waals surface area contributed by atoms with Gasteiger partial charge in [0.05, 0.1) is 20.1 Å². The lowest BCUT2D eigenvalue weighted by atomic mass is 10.0. The molecule has 0 spiro atoms. The van der Waals surface area contributed by atoms with E-state index in [1.807, 2.05) is 0 Å². The Hall–Kier alpha value is 0.0400. The van der Waals surface area contributed by atoms with Crippen molar-refractivity contribution in [3.8, 4) is 0 Å². The number of ether oxygens (including phenoxy) is 1. The number of hydrogen-bond acceptors (Lipinski definition) is 5. The minimum Gasteiger partial charge on any atom is -0.466 e. The standard InChI is InChI=1S/C12H15Br2NO4S2/c1-2-19-12(16)8-4-3-5-15(7-8)21(17,18)9-6-10(13)20-11(9)14/h6,8H,2-5,7H2,1H3/t8-/m0/s1. The molecule has 2 rings (SSSR count). The highest BCUT2D eigenvalue weighted by molar-refractivity contribution is 9.12. The number of carbonyl (C=O) groups is 1. The van der Waals surface area contributed by atoms with Crippen LogP contribution in [0.4, 0.5) is 0 Å². The predicted octanol–water partition coefficient (Wildman–Crippen LogP) is 3.24. The molecule has 1 aliphatic rings. The molecule has 0 radical (unpaired) electrons. The van der Waals surface area contributed by atoms with Crippen LogP contribution in [0.25, 0.3) is 0 Å². The molecule has 0 bridgehead atoms. The lowest BCUT2D eigenvalue weighted by molar-refractivity contribution is -0.149. The summed E-state index contributed by atoms with van der Waals surface area (Å²) < 4.78 is 33.0. The number of nitrogens with zero attached hydrogens (tertiary/aromatic N) is 1. The zero-order valence-corrected chi connectivity index (χ0v) is 16.1. The van der Waals surface area contributed by atoms with Gasteiger partial charge in [0.15, 0.2) is 0 Å². The van der Waals surface area contributed by atoms with Crippen molar-refractivity contribution in [3.05, 3.63) is 13.6 Å². The van der Waals surface area contributed by atoms with E-state index < -0.39 is 10.0 Å². The molecule has 0 amide bonds. The quantitative estimate of drug-likeness (QED) is 0.647. The monoisotopic (exact) mass is 459 g/mol. The van der Waals surface area contributed by atoms with Gasteiger partial charge < -0.3 is 4.74 Å². The molecule has 0 aromatic carbocycles. The predicted molar refractivity (Wildman–Crippen MR) is 87.8 cm³/mol. The van der Waals surface area contributed by atoms with Crippen molar-refractivity contribution in [2.24, 2.45) is 5.92 Å². The summed E-state index contributed by atoms with van der Waals surface area (Å²) in [7, 11) is -3.59. The fraction of sp³-hybridized carbons (Fsp3) is 0.583. The minimum atomic E-state index is -3.59. The summed E-state index contributed by atoms with van der Waals surface area (Å²) in [6.07, 6.45) is 1.32. The van der Waals surface area contributed by atoms with Crippen LogP contribution in [0, 0.1) is 5.92 Å². The number of carbonyl (C=O) groups excluding carboxylic acids is 1. The van der Waals surface area contributed by atoms with Gasteiger partial charge in [-0.15, -0.1) is 11.3 Å². The summed E-state index contributed by atoms with van der Waals surface area (Å²) in [4.78, 5) is 12.1. The second-order valence-electron chi connectivity index (χ2n) is 4.64. The minimum absolute atomic E-state index is 0.182. The number of piperidine rings is 1. The SMILES string of the molecule is CCOC(=O)[C@H]1CCCN(S(=O)(=O)c2cc(Br)sc2Br)C1. The second kappa shape index (κ2) is 7.08. The summed E-state index contributed by atoms with van der Waals surface area (Å²) in [6.45, 7) is 2.67. The van der Waals surface area contributed by atoms with E-state index in [0.29, 0.717) is 29.8 Å². The van der Waals surface area contributed by atoms with Gasteiger partial charge in [0.2, 0.25) is 10.0 Å². The third-order valence-electron chi connectivity index (χ3n) is 3.25. The molecule has 5 nitrogen and oxygen atoms in total. The first-order valence-electron chi connectivity index (χ1n) is 6.48. The van der Waals surface area contributed by atoms with E-state index in [2.05, 4.69) is 31.9 Å². The van der Waals surface area contributed by atoms with Crippen LogP contribution in [0.15, 0.2) is 18.5 Å². The van der Waals surface area contributed by atoms with Crippen molar-refractivity contribution < 1.29 is 17.9 Å². The van der Waals surface area contributed by atoms with E-state index in [1.165, 1.54) is 15.6 Å². The number of halogens is 2. The normalized spacial score (nSPS) is 20.4. The first-order valence-corrected chi connectivity index (χ1v) is 10.3. The molecule has 1 aromatic heterocycles. The zero-order valence-electron chi connectivity index (χ0n) is 11.3. The van der Waals surface area contributed by atoms with Crippen LogP contribution >= 0.6 is 43.2 Å².